The number of carbonyl (C=O) groups excluding carboxylic acids is 1. The van der Waals surface area contributed by atoms with Gasteiger partial charge >= 0.3 is 5.69 Å². The predicted molar refractivity (Wildman–Crippen MR) is 137 cm³/mol. The molecule has 1 saturated carbocycles. The number of hydrogen-bond donors (Lipinski definition) is 1. The monoisotopic (exact) mass is 507 g/mol. The van der Waals surface area contributed by atoms with Crippen molar-refractivity contribution in [3.05, 3.63) is 87.1 Å². The average Bonchev–Trinajstić information content (AvgIpc) is 3.14. The second-order valence-electron chi connectivity index (χ2n) is 9.47. The Balaban J connectivity index is 1.33. The standard InChI is InChI=1S/C27H27ClFN5O2/c1-16-6-11-21(14-30-16)34-24-5-3-4-23(29)25(24)33(27(34)36)15-18-7-9-20(10-8-18)32-26(35)22-12-19(28)13-31-17(22)2/h3-6,11-14,18,20H,7-10,15H2,1-2H3,(H,32,35). The number of nitrogens with one attached hydrogen (secondary N) is 1. The van der Waals surface area contributed by atoms with Crippen molar-refractivity contribution >= 4 is 28.5 Å². The zero-order valence-electron chi connectivity index (χ0n) is 20.2. The molecule has 9 heteroatoms. The van der Waals surface area contributed by atoms with Crippen LogP contribution < -0.4 is 11.0 Å². The highest BCUT2D eigenvalue weighted by atomic mass is 35.5. The van der Waals surface area contributed by atoms with Crippen LogP contribution in [0.2, 0.25) is 5.02 Å². The number of pyridine rings is 2. The van der Waals surface area contributed by atoms with E-state index in [1.807, 2.05) is 19.1 Å². The summed E-state index contributed by atoms with van der Waals surface area (Å²) in [4.78, 5) is 34.7. The number of benzene rings is 1. The summed E-state index contributed by atoms with van der Waals surface area (Å²) in [6.45, 7) is 4.07. The maximum Gasteiger partial charge on any atom is 0.333 e. The molecule has 7 nitrogen and oxygen atoms in total. The van der Waals surface area contributed by atoms with Gasteiger partial charge in [0.2, 0.25) is 0 Å². The molecule has 0 aliphatic heterocycles. The van der Waals surface area contributed by atoms with Gasteiger partial charge in [-0.2, -0.15) is 0 Å². The quantitative estimate of drug-likeness (QED) is 0.413. The fourth-order valence-electron chi connectivity index (χ4n) is 5.03. The van der Waals surface area contributed by atoms with Crippen molar-refractivity contribution in [2.45, 2.75) is 52.1 Å². The lowest BCUT2D eigenvalue weighted by Gasteiger charge is -2.29. The second-order valence-corrected chi connectivity index (χ2v) is 9.91. The topological polar surface area (TPSA) is 81.8 Å². The summed E-state index contributed by atoms with van der Waals surface area (Å²) in [5.74, 6) is -0.408. The van der Waals surface area contributed by atoms with Crippen molar-refractivity contribution in [1.82, 2.24) is 24.4 Å². The third-order valence-electron chi connectivity index (χ3n) is 6.97. The van der Waals surface area contributed by atoms with Gasteiger partial charge in [-0.25, -0.2) is 9.18 Å². The average molecular weight is 508 g/mol. The molecule has 4 aromatic rings. The van der Waals surface area contributed by atoms with Crippen molar-refractivity contribution in [3.63, 3.8) is 0 Å². The first-order chi connectivity index (χ1) is 17.3. The van der Waals surface area contributed by atoms with Crippen molar-refractivity contribution in [2.75, 3.05) is 0 Å². The molecular formula is C27H27ClFN5O2. The zero-order chi connectivity index (χ0) is 25.4. The lowest BCUT2D eigenvalue weighted by molar-refractivity contribution is 0.0919. The molecule has 36 heavy (non-hydrogen) atoms. The molecule has 0 bridgehead atoms. The maximum absolute atomic E-state index is 15.0. The van der Waals surface area contributed by atoms with Crippen LogP contribution in [0.5, 0.6) is 0 Å². The van der Waals surface area contributed by atoms with E-state index in [1.54, 1.807) is 35.9 Å². The minimum atomic E-state index is -0.421. The molecule has 3 aromatic heterocycles. The van der Waals surface area contributed by atoms with E-state index in [1.165, 1.54) is 16.8 Å². The number of carbonyl (C=O) groups is 1. The van der Waals surface area contributed by atoms with E-state index in [0.717, 1.165) is 31.4 Å². The van der Waals surface area contributed by atoms with E-state index < -0.39 is 5.82 Å². The van der Waals surface area contributed by atoms with Crippen molar-refractivity contribution in [3.8, 4) is 5.69 Å². The molecule has 0 unspecified atom stereocenters. The molecule has 1 amide bonds. The number of rotatable bonds is 5. The van der Waals surface area contributed by atoms with Crippen LogP contribution in [0.1, 0.15) is 47.4 Å². The Labute approximate surface area is 213 Å². The van der Waals surface area contributed by atoms with Gasteiger partial charge in [0.15, 0.2) is 0 Å². The molecule has 1 aromatic carbocycles. The molecule has 1 N–H and O–H groups in total. The number of para-hydroxylation sites is 1. The smallest absolute Gasteiger partial charge is 0.333 e. The van der Waals surface area contributed by atoms with E-state index in [4.69, 9.17) is 11.6 Å². The van der Waals surface area contributed by atoms with Crippen LogP contribution in [0.4, 0.5) is 4.39 Å². The largest absolute Gasteiger partial charge is 0.349 e. The minimum absolute atomic E-state index is 0.0283. The number of nitrogens with zero attached hydrogens (tertiary/aromatic N) is 4. The van der Waals surface area contributed by atoms with Crippen molar-refractivity contribution in [2.24, 2.45) is 5.92 Å². The van der Waals surface area contributed by atoms with Crippen molar-refractivity contribution in [1.29, 1.82) is 0 Å². The highest BCUT2D eigenvalue weighted by molar-refractivity contribution is 6.30. The summed E-state index contributed by atoms with van der Waals surface area (Å²) in [7, 11) is 0. The summed E-state index contributed by atoms with van der Waals surface area (Å²) in [5, 5.41) is 3.51. The number of fused-ring (bicyclic) bond motifs is 1. The van der Waals surface area contributed by atoms with Crippen LogP contribution in [0.3, 0.4) is 0 Å². The van der Waals surface area contributed by atoms with Gasteiger partial charge in [0.1, 0.15) is 11.3 Å². The zero-order valence-corrected chi connectivity index (χ0v) is 20.9. The summed E-state index contributed by atoms with van der Waals surface area (Å²) < 4.78 is 18.0. The second kappa shape index (κ2) is 9.85. The molecule has 3 heterocycles. The van der Waals surface area contributed by atoms with Crippen LogP contribution >= 0.6 is 11.6 Å². The summed E-state index contributed by atoms with van der Waals surface area (Å²) in [6.07, 6.45) is 6.35. The number of aryl methyl sites for hydroxylation is 2. The molecule has 5 rings (SSSR count). The highest BCUT2D eigenvalue weighted by Gasteiger charge is 2.26. The molecule has 0 radical (unpaired) electrons. The Kier molecular flexibility index (Phi) is 6.62. The first-order valence-corrected chi connectivity index (χ1v) is 12.5. The number of aromatic nitrogens is 4. The molecule has 1 fully saturated rings. The van der Waals surface area contributed by atoms with Crippen LogP contribution in [-0.2, 0) is 6.54 Å². The lowest BCUT2D eigenvalue weighted by Crippen LogP contribution is -2.39. The number of halogens is 2. The molecule has 186 valence electrons. The number of imidazole rings is 1. The van der Waals surface area contributed by atoms with Crippen LogP contribution in [0.25, 0.3) is 16.7 Å². The van der Waals surface area contributed by atoms with Crippen LogP contribution in [0.15, 0.2) is 53.6 Å². The predicted octanol–water partition coefficient (Wildman–Crippen LogP) is 4.98. The van der Waals surface area contributed by atoms with Gasteiger partial charge in [-0.3, -0.25) is 23.9 Å². The highest BCUT2D eigenvalue weighted by Crippen LogP contribution is 2.28. The van der Waals surface area contributed by atoms with Crippen LogP contribution in [-0.4, -0.2) is 31.1 Å². The maximum atomic E-state index is 15.0. The van der Waals surface area contributed by atoms with Gasteiger partial charge in [0, 0.05) is 24.5 Å². The number of amides is 1. The molecule has 1 aliphatic carbocycles. The third-order valence-corrected chi connectivity index (χ3v) is 7.18. The van der Waals surface area contributed by atoms with E-state index >= 15 is 0 Å². The Hall–Kier alpha value is -3.52. The Morgan fingerprint density at radius 2 is 1.89 bits per heavy atom. The molecule has 0 atom stereocenters. The van der Waals surface area contributed by atoms with E-state index in [9.17, 15) is 14.0 Å². The first-order valence-electron chi connectivity index (χ1n) is 12.1. The van der Waals surface area contributed by atoms with E-state index in [-0.39, 0.29) is 23.6 Å². The minimum Gasteiger partial charge on any atom is -0.349 e. The van der Waals surface area contributed by atoms with Gasteiger partial charge < -0.3 is 5.32 Å². The Morgan fingerprint density at radius 3 is 2.61 bits per heavy atom. The fourth-order valence-corrected chi connectivity index (χ4v) is 5.19. The summed E-state index contributed by atoms with van der Waals surface area (Å²) in [5.41, 5.74) is 3.11. The third kappa shape index (κ3) is 4.65. The van der Waals surface area contributed by atoms with Crippen LogP contribution in [0, 0.1) is 25.6 Å². The van der Waals surface area contributed by atoms with Gasteiger partial charge in [-0.1, -0.05) is 17.7 Å². The number of hydrogen-bond acceptors (Lipinski definition) is 4. The van der Waals surface area contributed by atoms with E-state index in [2.05, 4.69) is 15.3 Å². The summed E-state index contributed by atoms with van der Waals surface area (Å²) in [6, 6.07) is 10.1. The fraction of sp³-hybridized carbons (Fsp3) is 0.333. The molecular weight excluding hydrogens is 481 g/mol. The van der Waals surface area contributed by atoms with Gasteiger partial charge in [-0.05, 0) is 75.8 Å². The Bertz CT molecular complexity index is 1490. The Morgan fingerprint density at radius 1 is 1.11 bits per heavy atom. The lowest BCUT2D eigenvalue weighted by atomic mass is 9.85. The first kappa shape index (κ1) is 24.2. The van der Waals surface area contributed by atoms with Crippen molar-refractivity contribution < 1.29 is 9.18 Å². The summed E-state index contributed by atoms with van der Waals surface area (Å²) >= 11 is 6.01. The van der Waals surface area contributed by atoms with Gasteiger partial charge in [0.25, 0.3) is 5.91 Å². The SMILES string of the molecule is Cc1ccc(-n2c(=O)n(CC3CCC(NC(=O)c4cc(Cl)cnc4C)CC3)c3c(F)cccc32)cn1. The van der Waals surface area contributed by atoms with Gasteiger partial charge in [0.05, 0.1) is 33.7 Å². The van der Waals surface area contributed by atoms with Gasteiger partial charge in [-0.15, -0.1) is 0 Å². The normalized spacial score (nSPS) is 17.9. The molecule has 1 aliphatic rings. The molecule has 0 saturated heterocycles. The molecule has 0 spiro atoms. The van der Waals surface area contributed by atoms with E-state index in [0.29, 0.717) is 39.5 Å².